The third-order valence-electron chi connectivity index (χ3n) is 5.01. The number of amides is 1. The Kier molecular flexibility index (Phi) is 5.87. The first-order valence-electron chi connectivity index (χ1n) is 9.55. The van der Waals surface area contributed by atoms with Gasteiger partial charge in [0.1, 0.15) is 0 Å². The summed E-state index contributed by atoms with van der Waals surface area (Å²) in [6.07, 6.45) is 2.26. The molecule has 1 amide bonds. The number of carbonyl (C=O) groups excluding carboxylic acids is 1. The van der Waals surface area contributed by atoms with E-state index in [1.807, 2.05) is 50.2 Å². The number of nitrogens with zero attached hydrogens (tertiary/aromatic N) is 4. The fourth-order valence-electron chi connectivity index (χ4n) is 3.29. The molecule has 1 fully saturated rings. The molecule has 3 aromatic rings. The zero-order chi connectivity index (χ0) is 20.4. The first kappa shape index (κ1) is 19.9. The second kappa shape index (κ2) is 8.55. The van der Waals surface area contributed by atoms with Gasteiger partial charge < -0.3 is 5.32 Å². The van der Waals surface area contributed by atoms with Gasteiger partial charge in [0.2, 0.25) is 11.1 Å². The van der Waals surface area contributed by atoms with Crippen molar-refractivity contribution in [3.63, 3.8) is 0 Å². The summed E-state index contributed by atoms with van der Waals surface area (Å²) in [5.74, 6) is 0.713. The zero-order valence-corrected chi connectivity index (χ0v) is 17.9. The lowest BCUT2D eigenvalue weighted by Crippen LogP contribution is -2.31. The quantitative estimate of drug-likeness (QED) is 0.569. The van der Waals surface area contributed by atoms with Crippen LogP contribution in [0.4, 0.5) is 0 Å². The molecule has 0 radical (unpaired) electrons. The van der Waals surface area contributed by atoms with E-state index < -0.39 is 0 Å². The third-order valence-corrected chi connectivity index (χ3v) is 6.18. The van der Waals surface area contributed by atoms with Crippen LogP contribution >= 0.6 is 23.4 Å². The lowest BCUT2D eigenvalue weighted by atomic mass is 10.0. The van der Waals surface area contributed by atoms with E-state index in [-0.39, 0.29) is 17.7 Å². The zero-order valence-electron chi connectivity index (χ0n) is 16.3. The molecule has 1 heterocycles. The van der Waals surface area contributed by atoms with Gasteiger partial charge in [0.25, 0.3) is 0 Å². The van der Waals surface area contributed by atoms with Crippen LogP contribution < -0.4 is 5.32 Å². The molecule has 0 aliphatic heterocycles. The topological polar surface area (TPSA) is 72.7 Å². The number of tetrazole rings is 1. The molecule has 0 bridgehead atoms. The van der Waals surface area contributed by atoms with Gasteiger partial charge in [0.05, 0.1) is 17.5 Å². The summed E-state index contributed by atoms with van der Waals surface area (Å²) in [7, 11) is 0. The van der Waals surface area contributed by atoms with E-state index in [1.54, 1.807) is 4.68 Å². The van der Waals surface area contributed by atoms with E-state index in [0.29, 0.717) is 16.1 Å². The van der Waals surface area contributed by atoms with E-state index in [2.05, 4.69) is 26.9 Å². The van der Waals surface area contributed by atoms with Crippen molar-refractivity contribution in [1.29, 1.82) is 0 Å². The fraction of sp³-hybridized carbons (Fsp3) is 0.333. The van der Waals surface area contributed by atoms with Crippen LogP contribution in [-0.2, 0) is 4.79 Å². The molecule has 0 saturated heterocycles. The molecule has 4 rings (SSSR count). The molecule has 1 aromatic heterocycles. The van der Waals surface area contributed by atoms with E-state index in [1.165, 1.54) is 11.8 Å². The lowest BCUT2D eigenvalue weighted by molar-refractivity contribution is -0.119. The van der Waals surface area contributed by atoms with Gasteiger partial charge in [-0.15, -0.1) is 5.10 Å². The number of aryl methyl sites for hydroxylation is 2. The van der Waals surface area contributed by atoms with Crippen molar-refractivity contribution in [2.75, 3.05) is 5.75 Å². The van der Waals surface area contributed by atoms with Crippen molar-refractivity contribution in [2.24, 2.45) is 5.92 Å². The van der Waals surface area contributed by atoms with Crippen LogP contribution in [0, 0.1) is 19.8 Å². The number of benzene rings is 2. The summed E-state index contributed by atoms with van der Waals surface area (Å²) < 4.78 is 1.69. The fourth-order valence-corrected chi connectivity index (χ4v) is 4.11. The van der Waals surface area contributed by atoms with Crippen molar-refractivity contribution < 1.29 is 4.79 Å². The van der Waals surface area contributed by atoms with Crippen LogP contribution in [0.25, 0.3) is 5.69 Å². The van der Waals surface area contributed by atoms with E-state index in [0.717, 1.165) is 35.2 Å². The second-order valence-corrected chi connectivity index (χ2v) is 8.76. The van der Waals surface area contributed by atoms with Crippen molar-refractivity contribution in [1.82, 2.24) is 25.5 Å². The monoisotopic (exact) mass is 427 g/mol. The first-order valence-corrected chi connectivity index (χ1v) is 10.9. The Bertz CT molecular complexity index is 1020. The highest BCUT2D eigenvalue weighted by atomic mass is 35.5. The molecule has 1 aliphatic carbocycles. The van der Waals surface area contributed by atoms with Gasteiger partial charge in [0.15, 0.2) is 0 Å². The van der Waals surface area contributed by atoms with Gasteiger partial charge in [-0.05, 0) is 77.9 Å². The van der Waals surface area contributed by atoms with E-state index >= 15 is 0 Å². The van der Waals surface area contributed by atoms with Gasteiger partial charge in [-0.2, -0.15) is 4.68 Å². The Morgan fingerprint density at radius 1 is 1.24 bits per heavy atom. The maximum atomic E-state index is 12.7. The predicted octanol–water partition coefficient (Wildman–Crippen LogP) is 4.29. The normalized spacial score (nSPS) is 14.6. The Balaban J connectivity index is 1.43. The highest BCUT2D eigenvalue weighted by Gasteiger charge is 2.33. The third kappa shape index (κ3) is 4.79. The smallest absolute Gasteiger partial charge is 0.230 e. The van der Waals surface area contributed by atoms with Gasteiger partial charge in [-0.1, -0.05) is 47.6 Å². The maximum absolute atomic E-state index is 12.7. The predicted molar refractivity (Wildman–Crippen MR) is 114 cm³/mol. The molecule has 8 heteroatoms. The number of rotatable bonds is 7. The number of nitrogens with one attached hydrogen (secondary N) is 1. The minimum absolute atomic E-state index is 0.0235. The summed E-state index contributed by atoms with van der Waals surface area (Å²) in [4.78, 5) is 12.7. The molecule has 1 saturated carbocycles. The molecule has 1 N–H and O–H groups in total. The minimum Gasteiger partial charge on any atom is -0.348 e. The number of carbonyl (C=O) groups is 1. The number of halogens is 1. The molecule has 1 aliphatic rings. The summed E-state index contributed by atoms with van der Waals surface area (Å²) in [6, 6.07) is 13.9. The summed E-state index contributed by atoms with van der Waals surface area (Å²) in [6.45, 7) is 4.05. The molecule has 29 heavy (non-hydrogen) atoms. The Labute approximate surface area is 179 Å². The summed E-state index contributed by atoms with van der Waals surface area (Å²) >= 11 is 7.34. The molecule has 1 atom stereocenters. The van der Waals surface area contributed by atoms with Crippen LogP contribution in [-0.4, -0.2) is 31.9 Å². The largest absolute Gasteiger partial charge is 0.348 e. The molecule has 2 aromatic carbocycles. The van der Waals surface area contributed by atoms with Crippen molar-refractivity contribution in [3.05, 3.63) is 64.2 Å². The average molecular weight is 428 g/mol. The Morgan fingerprint density at radius 2 is 2.00 bits per heavy atom. The van der Waals surface area contributed by atoms with Gasteiger partial charge >= 0.3 is 0 Å². The van der Waals surface area contributed by atoms with Crippen LogP contribution in [0.2, 0.25) is 5.02 Å². The van der Waals surface area contributed by atoms with Gasteiger partial charge in [-0.3, -0.25) is 4.79 Å². The number of hydrogen-bond acceptors (Lipinski definition) is 5. The Morgan fingerprint density at radius 3 is 2.72 bits per heavy atom. The molecular formula is C21H22ClN5OS. The average Bonchev–Trinajstić information content (AvgIpc) is 3.44. The van der Waals surface area contributed by atoms with E-state index in [9.17, 15) is 4.79 Å². The van der Waals surface area contributed by atoms with Gasteiger partial charge in [-0.25, -0.2) is 0 Å². The van der Waals surface area contributed by atoms with Crippen LogP contribution in [0.15, 0.2) is 47.6 Å². The van der Waals surface area contributed by atoms with Crippen molar-refractivity contribution in [2.45, 2.75) is 37.9 Å². The summed E-state index contributed by atoms with van der Waals surface area (Å²) in [5.41, 5.74) is 4.22. The van der Waals surface area contributed by atoms with Gasteiger partial charge in [0, 0.05) is 5.02 Å². The van der Waals surface area contributed by atoms with Crippen LogP contribution in [0.5, 0.6) is 0 Å². The first-order chi connectivity index (χ1) is 14.0. The molecular weight excluding hydrogens is 406 g/mol. The van der Waals surface area contributed by atoms with Crippen LogP contribution in [0.3, 0.4) is 0 Å². The highest BCUT2D eigenvalue weighted by Crippen LogP contribution is 2.41. The molecule has 1 unspecified atom stereocenters. The van der Waals surface area contributed by atoms with Crippen molar-refractivity contribution in [3.8, 4) is 5.69 Å². The van der Waals surface area contributed by atoms with E-state index in [4.69, 9.17) is 11.6 Å². The molecule has 0 spiro atoms. The molecule has 6 nitrogen and oxygen atoms in total. The van der Waals surface area contributed by atoms with Crippen molar-refractivity contribution >= 4 is 29.3 Å². The minimum atomic E-state index is -0.0302. The SMILES string of the molecule is Cc1ccc(C)c(-n2nnnc2SCC(=O)NC(c2ccc(Cl)cc2)C2CC2)c1. The lowest BCUT2D eigenvalue weighted by Gasteiger charge is -2.19. The second-order valence-electron chi connectivity index (χ2n) is 7.39. The number of thioether (sulfide) groups is 1. The summed E-state index contributed by atoms with van der Waals surface area (Å²) in [5, 5.41) is 16.5. The molecule has 150 valence electrons. The number of aromatic nitrogens is 4. The Hall–Kier alpha value is -2.38. The maximum Gasteiger partial charge on any atom is 0.230 e. The van der Waals surface area contributed by atoms with Crippen LogP contribution in [0.1, 0.15) is 35.6 Å². The number of hydrogen-bond donors (Lipinski definition) is 1. The standard InChI is InChI=1S/C21H22ClN5OS/c1-13-3-4-14(2)18(11-13)27-21(24-25-26-27)29-12-19(28)23-20(15-5-6-15)16-7-9-17(22)10-8-16/h3-4,7-11,15,20H,5-6,12H2,1-2H3,(H,23,28). The highest BCUT2D eigenvalue weighted by molar-refractivity contribution is 7.99.